The summed E-state index contributed by atoms with van der Waals surface area (Å²) in [4.78, 5) is 27.7. The van der Waals surface area contributed by atoms with Crippen LogP contribution in [0.1, 0.15) is 199 Å². The minimum absolute atomic E-state index is 0.0332. The van der Waals surface area contributed by atoms with Crippen molar-refractivity contribution in [3.05, 3.63) is 71.9 Å². The molecule has 9 N–H and O–H groups in total. The number of cyclic esters (lactones) is 2. The number of aliphatic hydroxyl groups is 9. The number of allylic oxidation sites excluding steroid dienone is 4. The summed E-state index contributed by atoms with van der Waals surface area (Å²) in [5, 5.41) is 105. The zero-order chi connectivity index (χ0) is 71.8. The highest BCUT2D eigenvalue weighted by Gasteiger charge is 2.42. The fraction of sp³-hybridized carbons (Fsp3) is 0.818. The Labute approximate surface area is 581 Å². The number of fused-ring (bicyclic) bond motifs is 4. The third-order valence-electron chi connectivity index (χ3n) is 22.0. The van der Waals surface area contributed by atoms with Gasteiger partial charge in [-0.15, -0.1) is 0 Å². The predicted octanol–water partition coefficient (Wildman–Crippen LogP) is 9.45. The van der Waals surface area contributed by atoms with Crippen molar-refractivity contribution in [3.63, 3.8) is 0 Å². The average molecular weight is 1380 g/mol. The standard InChI is InChI=1S/C77H130O20/c1-44-22-28-56(78)36-58-18-16-20-60(94-58)40-66(80)50(7)67(81)42-69(83)52(9)76(54(11)74(87)46(3)26-30-62-38-64(89-13)34-48(5)92-62)96-72(85)32-24-45(2)23-29-57(79)37-59-19-17-21-61(95-59)41-71(91-15)51(8)68(82)43-70(84)53(10)77(97-73(86)33-25-44)55(12)75(88)47(4)27-31-63-39-65(90-14)35-49(6)93-63/h16-19,22-25,32-33,46-71,74-84,87-88H,20-21,26-31,34-43H2,1-15H3/b32-24+,33-25+,44-22+,45-23+/t46-,47+,48-,49-,50-,51+,52-,53+,54-,55+,56+,57-,58-,59-,60-,61-,62-,63-,64+,65-,66+,67-,68+,69-,70+,71-,74-,75+,76+,77-/m0/s1. The molecule has 2 fully saturated rings. The van der Waals surface area contributed by atoms with Crippen LogP contribution in [0.15, 0.2) is 71.9 Å². The van der Waals surface area contributed by atoms with E-state index in [0.29, 0.717) is 56.1 Å². The highest BCUT2D eigenvalue weighted by atomic mass is 16.6. The van der Waals surface area contributed by atoms with Crippen molar-refractivity contribution >= 4 is 11.9 Å². The maximum absolute atomic E-state index is 13.9. The molecule has 0 radical (unpaired) electrons. The quantitative estimate of drug-likeness (QED) is 0.0544. The molecule has 20 heteroatoms. The molecule has 5 aliphatic heterocycles. The number of aliphatic hydroxyl groups excluding tert-OH is 9. The first kappa shape index (κ1) is 84.4. The van der Waals surface area contributed by atoms with Gasteiger partial charge in [0.1, 0.15) is 12.2 Å². The molecule has 0 amide bonds. The van der Waals surface area contributed by atoms with Crippen molar-refractivity contribution in [2.75, 3.05) is 21.3 Å². The SMILES string of the molecule is CO[C@@H]1C[C@H](CC[C@@H](C)[C@@H](O)[C@@H](C)[C@H]2OC(=O)/C=C/C(C)=C/C[C@@H](O)C[C@@H]3C=CC[C@@H](C[C@@H](O)[C@H](C)[C@@H](O)C[C@H](O)[C@H](C)[C@H]([C@@H](C)[C@@H](O)[C@@H](C)CC[C@H]4C[C@H](OC)C[C@H](C)O4)OC(=O)/C=C/C(C)=C/C[C@H](O)C[C@@H]4C=CC[C@@H](C[C@H](OC)[C@H](C)[C@H](O)C[C@@H](O)[C@H]2C)O4)O3)O[C@@H](C)C1. The van der Waals surface area contributed by atoms with Gasteiger partial charge < -0.3 is 88.6 Å². The lowest BCUT2D eigenvalue weighted by atomic mass is 9.78. The number of hydrogen-bond donors (Lipinski definition) is 9. The summed E-state index contributed by atoms with van der Waals surface area (Å²) in [6, 6.07) is 0. The summed E-state index contributed by atoms with van der Waals surface area (Å²) in [7, 11) is 4.99. The summed E-state index contributed by atoms with van der Waals surface area (Å²) >= 11 is 0. The van der Waals surface area contributed by atoms with Crippen LogP contribution in [0.25, 0.3) is 0 Å². The zero-order valence-electron chi connectivity index (χ0n) is 61.3. The summed E-state index contributed by atoms with van der Waals surface area (Å²) in [6.45, 7) is 22.2. The minimum atomic E-state index is -1.22. The molecule has 558 valence electrons. The molecule has 0 aliphatic carbocycles. The van der Waals surface area contributed by atoms with Crippen LogP contribution in [-0.4, -0.2) is 214 Å². The Morgan fingerprint density at radius 3 is 1.24 bits per heavy atom. The fourth-order valence-electron chi connectivity index (χ4n) is 15.1. The monoisotopic (exact) mass is 1370 g/mol. The second-order valence-corrected chi connectivity index (χ2v) is 30.1. The average Bonchev–Trinajstić information content (AvgIpc) is 0.870. The van der Waals surface area contributed by atoms with Gasteiger partial charge in [0.2, 0.25) is 0 Å². The van der Waals surface area contributed by atoms with Gasteiger partial charge in [-0.1, -0.05) is 115 Å². The van der Waals surface area contributed by atoms with Crippen LogP contribution in [-0.2, 0) is 52.2 Å². The first-order valence-corrected chi connectivity index (χ1v) is 36.7. The molecule has 30 atom stereocenters. The maximum atomic E-state index is 13.9. The van der Waals surface area contributed by atoms with Gasteiger partial charge in [0.25, 0.3) is 0 Å². The third-order valence-corrected chi connectivity index (χ3v) is 22.0. The van der Waals surface area contributed by atoms with Crippen LogP contribution >= 0.6 is 0 Å². The van der Waals surface area contributed by atoms with Crippen molar-refractivity contribution in [1.82, 2.24) is 0 Å². The van der Waals surface area contributed by atoms with Crippen molar-refractivity contribution in [2.45, 2.75) is 333 Å². The Bertz CT molecular complexity index is 2470. The van der Waals surface area contributed by atoms with Crippen molar-refractivity contribution < 1.29 is 98.2 Å². The van der Waals surface area contributed by atoms with Gasteiger partial charge in [-0.25, -0.2) is 9.59 Å². The van der Waals surface area contributed by atoms with Crippen LogP contribution in [0.3, 0.4) is 0 Å². The summed E-state index contributed by atoms with van der Waals surface area (Å²) < 4.78 is 55.1. The van der Waals surface area contributed by atoms with Crippen LogP contribution in [0, 0.1) is 47.3 Å². The first-order chi connectivity index (χ1) is 45.9. The summed E-state index contributed by atoms with van der Waals surface area (Å²) in [6.07, 6.45) is 12.2. The third kappa shape index (κ3) is 28.1. The van der Waals surface area contributed by atoms with Gasteiger partial charge >= 0.3 is 11.9 Å². The fourth-order valence-corrected chi connectivity index (χ4v) is 15.1. The number of carbonyl (C=O) groups is 2. The molecular weight excluding hydrogens is 1240 g/mol. The summed E-state index contributed by atoms with van der Waals surface area (Å²) in [5.74, 6) is -5.87. The van der Waals surface area contributed by atoms with Gasteiger partial charge in [0, 0.05) is 94.7 Å². The second-order valence-electron chi connectivity index (χ2n) is 30.1. The van der Waals surface area contributed by atoms with E-state index in [4.69, 9.17) is 42.6 Å². The lowest BCUT2D eigenvalue weighted by Crippen LogP contribution is -2.45. The molecule has 0 aromatic rings. The van der Waals surface area contributed by atoms with E-state index in [1.165, 1.54) is 12.2 Å². The lowest BCUT2D eigenvalue weighted by molar-refractivity contribution is -0.158. The number of carbonyl (C=O) groups excluding carboxylic acids is 2. The van der Waals surface area contributed by atoms with Crippen LogP contribution < -0.4 is 0 Å². The molecule has 4 bridgehead atoms. The van der Waals surface area contributed by atoms with Crippen molar-refractivity contribution in [3.8, 4) is 0 Å². The first-order valence-electron chi connectivity index (χ1n) is 36.7. The van der Waals surface area contributed by atoms with E-state index in [2.05, 4.69) is 0 Å². The topological polar surface area (TPSA) is 299 Å². The number of rotatable bonds is 15. The Morgan fingerprint density at radius 1 is 0.454 bits per heavy atom. The molecule has 2 saturated heterocycles. The minimum Gasteiger partial charge on any atom is -0.458 e. The van der Waals surface area contributed by atoms with Gasteiger partial charge in [0.15, 0.2) is 0 Å². The largest absolute Gasteiger partial charge is 0.458 e. The number of methoxy groups -OCH3 is 3. The molecule has 0 saturated carbocycles. The number of ether oxygens (including phenoxy) is 9. The molecule has 0 aromatic carbocycles. The molecule has 97 heavy (non-hydrogen) atoms. The van der Waals surface area contributed by atoms with E-state index in [0.717, 1.165) is 25.7 Å². The van der Waals surface area contributed by atoms with Crippen LogP contribution in [0.4, 0.5) is 0 Å². The lowest BCUT2D eigenvalue weighted by Gasteiger charge is -2.38. The number of hydrogen-bond acceptors (Lipinski definition) is 20. The maximum Gasteiger partial charge on any atom is 0.331 e. The molecule has 5 heterocycles. The molecule has 5 aliphatic rings. The second kappa shape index (κ2) is 42.4. The zero-order valence-corrected chi connectivity index (χ0v) is 61.3. The van der Waals surface area contributed by atoms with Gasteiger partial charge in [-0.05, 0) is 129 Å². The summed E-state index contributed by atoms with van der Waals surface area (Å²) in [5.41, 5.74) is 1.35. The van der Waals surface area contributed by atoms with Crippen LogP contribution in [0.5, 0.6) is 0 Å². The van der Waals surface area contributed by atoms with Gasteiger partial charge in [-0.3, -0.25) is 0 Å². The van der Waals surface area contributed by atoms with Gasteiger partial charge in [-0.2, -0.15) is 0 Å². The molecule has 0 spiro atoms. The highest BCUT2D eigenvalue weighted by molar-refractivity contribution is 5.83. The number of esters is 2. The Balaban J connectivity index is 1.35. The van der Waals surface area contributed by atoms with E-state index in [9.17, 15) is 55.5 Å². The van der Waals surface area contributed by atoms with E-state index < -0.39 is 139 Å². The molecule has 0 aromatic heterocycles. The van der Waals surface area contributed by atoms with E-state index in [1.54, 1.807) is 81.1 Å². The van der Waals surface area contributed by atoms with E-state index in [1.807, 2.05) is 71.9 Å². The van der Waals surface area contributed by atoms with Crippen molar-refractivity contribution in [2.24, 2.45) is 47.3 Å². The Kier molecular flexibility index (Phi) is 36.9. The highest BCUT2D eigenvalue weighted by Crippen LogP contribution is 2.36. The Morgan fingerprint density at radius 2 is 0.835 bits per heavy atom. The molecule has 20 nitrogen and oxygen atoms in total. The normalized spacial score (nSPS) is 41.4. The molecule has 0 unspecified atom stereocenters. The molecule has 5 rings (SSSR count). The van der Waals surface area contributed by atoms with Crippen molar-refractivity contribution in [1.29, 1.82) is 0 Å². The Hall–Kier alpha value is -3.26. The molecular formula is C77H130O20. The van der Waals surface area contributed by atoms with E-state index in [-0.39, 0.29) is 99.5 Å². The van der Waals surface area contributed by atoms with E-state index >= 15 is 0 Å². The smallest absolute Gasteiger partial charge is 0.331 e. The van der Waals surface area contributed by atoms with Crippen LogP contribution in [0.2, 0.25) is 0 Å². The van der Waals surface area contributed by atoms with Gasteiger partial charge in [0.05, 0.1) is 122 Å². The predicted molar refractivity (Wildman–Crippen MR) is 373 cm³/mol.